The summed E-state index contributed by atoms with van der Waals surface area (Å²) in [5, 5.41) is 8.91. The van der Waals surface area contributed by atoms with Crippen molar-refractivity contribution in [2.24, 2.45) is 5.92 Å². The first-order valence-corrected chi connectivity index (χ1v) is 5.32. The summed E-state index contributed by atoms with van der Waals surface area (Å²) >= 11 is 0. The summed E-state index contributed by atoms with van der Waals surface area (Å²) in [4.78, 5) is 11.4. The molecular weight excluding hydrogens is 206 g/mol. The van der Waals surface area contributed by atoms with Crippen molar-refractivity contribution in [1.82, 2.24) is 10.5 Å². The van der Waals surface area contributed by atoms with Gasteiger partial charge in [0.15, 0.2) is 5.82 Å². The summed E-state index contributed by atoms with van der Waals surface area (Å²) in [5.74, 6) is 1.75. The number of hydrogen-bond donors (Lipinski definition) is 2. The Bertz CT molecular complexity index is 419. The molecule has 1 saturated carbocycles. The van der Waals surface area contributed by atoms with E-state index in [9.17, 15) is 4.79 Å². The first-order chi connectivity index (χ1) is 7.65. The second-order valence-corrected chi connectivity index (χ2v) is 4.08. The molecule has 1 fully saturated rings. The largest absolute Gasteiger partial charge is 0.360 e. The fourth-order valence-electron chi connectivity index (χ4n) is 1.41. The smallest absolute Gasteiger partial charge is 0.324 e. The molecule has 86 valence electrons. The highest BCUT2D eigenvalue weighted by Crippen LogP contribution is 2.35. The highest BCUT2D eigenvalue weighted by Gasteiger charge is 2.22. The van der Waals surface area contributed by atoms with Gasteiger partial charge in [0.2, 0.25) is 0 Å². The van der Waals surface area contributed by atoms with Crippen LogP contribution in [0.15, 0.2) is 22.4 Å². The van der Waals surface area contributed by atoms with Crippen LogP contribution in [0.4, 0.5) is 10.6 Å². The Balaban J connectivity index is 1.82. The van der Waals surface area contributed by atoms with E-state index in [0.717, 1.165) is 0 Å². The van der Waals surface area contributed by atoms with Crippen LogP contribution in [-0.2, 0) is 0 Å². The Hall–Kier alpha value is -1.78. The third kappa shape index (κ3) is 2.85. The minimum absolute atomic E-state index is 0.298. The number of carbonyl (C=O) groups excluding carboxylic acids is 1. The van der Waals surface area contributed by atoms with Crippen molar-refractivity contribution in [3.63, 3.8) is 0 Å². The molecule has 1 aliphatic carbocycles. The summed E-state index contributed by atoms with van der Waals surface area (Å²) in [6.07, 6.45) is 4.21. The lowest BCUT2D eigenvalue weighted by atomic mass is 10.2. The predicted molar refractivity (Wildman–Crippen MR) is 59.9 cm³/mol. The fourth-order valence-corrected chi connectivity index (χ4v) is 1.41. The average molecular weight is 221 g/mol. The first-order valence-electron chi connectivity index (χ1n) is 5.32. The van der Waals surface area contributed by atoms with E-state index in [0.29, 0.717) is 17.5 Å². The molecule has 0 bridgehead atoms. The van der Waals surface area contributed by atoms with Gasteiger partial charge in [0.05, 0.1) is 0 Å². The van der Waals surface area contributed by atoms with Crippen molar-refractivity contribution >= 4 is 11.8 Å². The zero-order valence-corrected chi connectivity index (χ0v) is 9.41. The summed E-state index contributed by atoms with van der Waals surface area (Å²) in [7, 11) is 0. The molecule has 0 saturated heterocycles. The van der Waals surface area contributed by atoms with E-state index in [4.69, 9.17) is 4.52 Å². The number of nitrogens with one attached hydrogen (secondary N) is 2. The number of hydrogen-bond acceptors (Lipinski definition) is 3. The van der Waals surface area contributed by atoms with Crippen molar-refractivity contribution in [2.45, 2.75) is 26.7 Å². The molecule has 5 nitrogen and oxygen atoms in total. The van der Waals surface area contributed by atoms with Gasteiger partial charge >= 0.3 is 6.03 Å². The van der Waals surface area contributed by atoms with Crippen LogP contribution in [0.25, 0.3) is 0 Å². The SMILES string of the molecule is C/C(=C\NC(=O)Nc1cc(C)on1)C1CC1. The van der Waals surface area contributed by atoms with Crippen LogP contribution in [0.2, 0.25) is 0 Å². The molecule has 2 N–H and O–H groups in total. The second kappa shape index (κ2) is 4.38. The molecule has 1 aliphatic rings. The number of aromatic nitrogens is 1. The van der Waals surface area contributed by atoms with Gasteiger partial charge in [0.1, 0.15) is 5.76 Å². The summed E-state index contributed by atoms with van der Waals surface area (Å²) in [6.45, 7) is 3.80. The highest BCUT2D eigenvalue weighted by molar-refractivity contribution is 5.88. The van der Waals surface area contributed by atoms with E-state index in [1.807, 2.05) is 6.92 Å². The minimum atomic E-state index is -0.298. The van der Waals surface area contributed by atoms with E-state index in [2.05, 4.69) is 15.8 Å². The molecule has 0 spiro atoms. The standard InChI is InChI=1S/C11H15N3O2/c1-7(9-3-4-9)6-12-11(15)13-10-5-8(2)16-14-10/h5-6,9H,3-4H2,1-2H3,(H2,12,13,14,15)/b7-6+. The number of rotatable bonds is 3. The van der Waals surface area contributed by atoms with Gasteiger partial charge in [-0.05, 0) is 32.6 Å². The predicted octanol–water partition coefficient (Wildman–Crippen LogP) is 2.42. The Morgan fingerprint density at radius 2 is 2.38 bits per heavy atom. The molecule has 0 radical (unpaired) electrons. The number of anilines is 1. The van der Waals surface area contributed by atoms with E-state index in [-0.39, 0.29) is 6.03 Å². The average Bonchev–Trinajstić information content (AvgIpc) is 3.01. The van der Waals surface area contributed by atoms with Crippen molar-refractivity contribution in [3.05, 3.63) is 23.6 Å². The third-order valence-electron chi connectivity index (χ3n) is 2.52. The van der Waals surface area contributed by atoms with Crippen molar-refractivity contribution < 1.29 is 9.32 Å². The van der Waals surface area contributed by atoms with Gasteiger partial charge in [0, 0.05) is 12.3 Å². The van der Waals surface area contributed by atoms with Gasteiger partial charge in [-0.1, -0.05) is 10.7 Å². The van der Waals surface area contributed by atoms with Crippen LogP contribution >= 0.6 is 0 Å². The van der Waals surface area contributed by atoms with Crippen molar-refractivity contribution in [2.75, 3.05) is 5.32 Å². The van der Waals surface area contributed by atoms with Crippen molar-refractivity contribution in [1.29, 1.82) is 0 Å². The van der Waals surface area contributed by atoms with Gasteiger partial charge in [-0.25, -0.2) is 4.79 Å². The maximum Gasteiger partial charge on any atom is 0.324 e. The van der Waals surface area contributed by atoms with E-state index < -0.39 is 0 Å². The molecule has 2 rings (SSSR count). The van der Waals surface area contributed by atoms with Gasteiger partial charge in [-0.15, -0.1) is 0 Å². The Kier molecular flexibility index (Phi) is 2.94. The van der Waals surface area contributed by atoms with Crippen LogP contribution < -0.4 is 10.6 Å². The van der Waals surface area contributed by atoms with E-state index in [1.54, 1.807) is 19.2 Å². The number of amides is 2. The summed E-state index contributed by atoms with van der Waals surface area (Å²) < 4.78 is 4.83. The van der Waals surface area contributed by atoms with E-state index in [1.165, 1.54) is 18.4 Å². The van der Waals surface area contributed by atoms with Gasteiger partial charge in [0.25, 0.3) is 0 Å². The van der Waals surface area contributed by atoms with Gasteiger partial charge in [-0.3, -0.25) is 5.32 Å². The molecule has 0 aliphatic heterocycles. The molecule has 1 aromatic rings. The molecule has 1 aromatic heterocycles. The third-order valence-corrected chi connectivity index (χ3v) is 2.52. The number of nitrogens with zero attached hydrogens (tertiary/aromatic N) is 1. The number of allylic oxidation sites excluding steroid dienone is 1. The molecular formula is C11H15N3O2. The quantitative estimate of drug-likeness (QED) is 0.823. The molecule has 0 unspecified atom stereocenters. The maximum atomic E-state index is 11.4. The fraction of sp³-hybridized carbons (Fsp3) is 0.455. The topological polar surface area (TPSA) is 67.2 Å². The molecule has 0 aromatic carbocycles. The number of urea groups is 1. The zero-order chi connectivity index (χ0) is 11.5. The Morgan fingerprint density at radius 1 is 1.62 bits per heavy atom. The van der Waals surface area contributed by atoms with Crippen LogP contribution in [0.3, 0.4) is 0 Å². The lowest BCUT2D eigenvalue weighted by Gasteiger charge is -2.01. The molecule has 16 heavy (non-hydrogen) atoms. The second-order valence-electron chi connectivity index (χ2n) is 4.08. The van der Waals surface area contributed by atoms with Crippen LogP contribution in [-0.4, -0.2) is 11.2 Å². The lowest BCUT2D eigenvalue weighted by Crippen LogP contribution is -2.24. The minimum Gasteiger partial charge on any atom is -0.360 e. The summed E-state index contributed by atoms with van der Waals surface area (Å²) in [5.41, 5.74) is 1.21. The van der Waals surface area contributed by atoms with Gasteiger partial charge in [-0.2, -0.15) is 0 Å². The van der Waals surface area contributed by atoms with Crippen molar-refractivity contribution in [3.8, 4) is 0 Å². The first kappa shape index (κ1) is 10.7. The Labute approximate surface area is 93.9 Å². The number of aryl methyl sites for hydroxylation is 1. The maximum absolute atomic E-state index is 11.4. The zero-order valence-electron chi connectivity index (χ0n) is 9.41. The molecule has 0 atom stereocenters. The van der Waals surface area contributed by atoms with Crippen LogP contribution in [0.5, 0.6) is 0 Å². The molecule has 2 amide bonds. The Morgan fingerprint density at radius 3 is 2.94 bits per heavy atom. The lowest BCUT2D eigenvalue weighted by molar-refractivity contribution is 0.254. The molecule has 1 heterocycles. The van der Waals surface area contributed by atoms with E-state index >= 15 is 0 Å². The monoisotopic (exact) mass is 221 g/mol. The van der Waals surface area contributed by atoms with Crippen LogP contribution in [0.1, 0.15) is 25.5 Å². The van der Waals surface area contributed by atoms with Gasteiger partial charge < -0.3 is 9.84 Å². The normalized spacial score (nSPS) is 16.0. The highest BCUT2D eigenvalue weighted by atomic mass is 16.5. The number of carbonyl (C=O) groups is 1. The molecule has 5 heteroatoms. The summed E-state index contributed by atoms with van der Waals surface area (Å²) in [6, 6.07) is 1.37. The van der Waals surface area contributed by atoms with Crippen LogP contribution in [0, 0.1) is 12.8 Å².